The fourth-order valence-corrected chi connectivity index (χ4v) is 2.01. The summed E-state index contributed by atoms with van der Waals surface area (Å²) in [5.74, 6) is -1.72. The average molecular weight is 250 g/mol. The highest BCUT2D eigenvalue weighted by Crippen LogP contribution is 2.30. The molecule has 1 aromatic carbocycles. The molecular formula is C11H14ClF2NO. The van der Waals surface area contributed by atoms with Crippen molar-refractivity contribution in [2.45, 2.75) is 25.3 Å². The quantitative estimate of drug-likeness (QED) is 0.828. The van der Waals surface area contributed by atoms with Gasteiger partial charge in [-0.05, 0) is 36.5 Å². The van der Waals surface area contributed by atoms with Crippen molar-refractivity contribution in [1.82, 2.24) is 0 Å². The van der Waals surface area contributed by atoms with Crippen molar-refractivity contribution < 1.29 is 13.5 Å². The molecule has 1 aromatic rings. The van der Waals surface area contributed by atoms with Gasteiger partial charge in [0.15, 0.2) is 11.6 Å². The van der Waals surface area contributed by atoms with Gasteiger partial charge < -0.3 is 10.5 Å². The third-order valence-electron chi connectivity index (χ3n) is 2.83. The Morgan fingerprint density at radius 2 is 2.06 bits per heavy atom. The smallest absolute Gasteiger partial charge is 0.200 e. The third-order valence-corrected chi connectivity index (χ3v) is 2.83. The van der Waals surface area contributed by atoms with Crippen LogP contribution in [0.4, 0.5) is 8.78 Å². The van der Waals surface area contributed by atoms with Gasteiger partial charge in [0.1, 0.15) is 0 Å². The molecule has 0 unspecified atom stereocenters. The highest BCUT2D eigenvalue weighted by Gasteiger charge is 2.23. The second-order valence-corrected chi connectivity index (χ2v) is 3.85. The zero-order chi connectivity index (χ0) is 11.0. The van der Waals surface area contributed by atoms with Gasteiger partial charge >= 0.3 is 0 Å². The van der Waals surface area contributed by atoms with Crippen molar-refractivity contribution in [2.75, 3.05) is 7.11 Å². The Kier molecular flexibility index (Phi) is 4.10. The molecule has 0 radical (unpaired) electrons. The highest BCUT2D eigenvalue weighted by molar-refractivity contribution is 5.85. The van der Waals surface area contributed by atoms with Crippen LogP contribution in [0.25, 0.3) is 0 Å². The van der Waals surface area contributed by atoms with Crippen LogP contribution in [0, 0.1) is 11.6 Å². The van der Waals surface area contributed by atoms with Crippen LogP contribution in [-0.2, 0) is 12.8 Å². The van der Waals surface area contributed by atoms with E-state index in [1.807, 2.05) is 0 Å². The van der Waals surface area contributed by atoms with Crippen molar-refractivity contribution in [1.29, 1.82) is 0 Å². The van der Waals surface area contributed by atoms with Crippen molar-refractivity contribution in [3.63, 3.8) is 0 Å². The molecule has 0 saturated carbocycles. The first kappa shape index (κ1) is 13.2. The van der Waals surface area contributed by atoms with Gasteiger partial charge in [0.25, 0.3) is 0 Å². The van der Waals surface area contributed by atoms with E-state index in [0.29, 0.717) is 24.8 Å². The van der Waals surface area contributed by atoms with Crippen LogP contribution in [0.3, 0.4) is 0 Å². The van der Waals surface area contributed by atoms with Crippen LogP contribution < -0.4 is 10.5 Å². The van der Waals surface area contributed by atoms with Gasteiger partial charge in [-0.1, -0.05) is 0 Å². The Balaban J connectivity index is 0.00000128. The van der Waals surface area contributed by atoms with Crippen LogP contribution in [0.5, 0.6) is 5.75 Å². The van der Waals surface area contributed by atoms with E-state index in [1.54, 1.807) is 6.07 Å². The summed E-state index contributed by atoms with van der Waals surface area (Å²) in [6, 6.07) is 1.58. The summed E-state index contributed by atoms with van der Waals surface area (Å²) in [5, 5.41) is 0. The Bertz CT molecular complexity index is 398. The maximum absolute atomic E-state index is 13.6. The molecule has 0 spiro atoms. The molecule has 16 heavy (non-hydrogen) atoms. The van der Waals surface area contributed by atoms with Gasteiger partial charge in [-0.25, -0.2) is 4.39 Å². The van der Waals surface area contributed by atoms with Gasteiger partial charge in [0.2, 0.25) is 5.82 Å². The number of methoxy groups -OCH3 is 1. The molecule has 0 aliphatic heterocycles. The van der Waals surface area contributed by atoms with Crippen molar-refractivity contribution in [3.05, 3.63) is 28.8 Å². The zero-order valence-electron chi connectivity index (χ0n) is 8.93. The summed E-state index contributed by atoms with van der Waals surface area (Å²) in [5.41, 5.74) is 6.99. The molecule has 0 amide bonds. The SMILES string of the molecule is COc1cc2c(c(F)c1F)CC[C@@H](N)C2.Cl. The van der Waals surface area contributed by atoms with E-state index >= 15 is 0 Å². The largest absolute Gasteiger partial charge is 0.494 e. The second-order valence-electron chi connectivity index (χ2n) is 3.85. The van der Waals surface area contributed by atoms with Crippen LogP contribution >= 0.6 is 12.4 Å². The highest BCUT2D eigenvalue weighted by atomic mass is 35.5. The Hall–Kier alpha value is -0.870. The molecule has 0 heterocycles. The van der Waals surface area contributed by atoms with E-state index < -0.39 is 11.6 Å². The molecule has 5 heteroatoms. The van der Waals surface area contributed by atoms with E-state index in [1.165, 1.54) is 7.11 Å². The molecule has 0 fully saturated rings. The number of ether oxygens (including phenoxy) is 1. The van der Waals surface area contributed by atoms with Gasteiger partial charge in [-0.15, -0.1) is 12.4 Å². The molecule has 2 N–H and O–H groups in total. The lowest BCUT2D eigenvalue weighted by molar-refractivity contribution is 0.366. The number of hydrogen-bond acceptors (Lipinski definition) is 2. The first-order chi connectivity index (χ1) is 7.13. The van der Waals surface area contributed by atoms with E-state index in [-0.39, 0.29) is 24.2 Å². The number of benzene rings is 1. The molecule has 0 aromatic heterocycles. The van der Waals surface area contributed by atoms with Gasteiger partial charge in [0.05, 0.1) is 7.11 Å². The predicted molar refractivity (Wildman–Crippen MR) is 60.2 cm³/mol. The number of rotatable bonds is 1. The maximum atomic E-state index is 13.6. The summed E-state index contributed by atoms with van der Waals surface area (Å²) in [4.78, 5) is 0. The van der Waals surface area contributed by atoms with Crippen LogP contribution in [-0.4, -0.2) is 13.2 Å². The van der Waals surface area contributed by atoms with Gasteiger partial charge in [-0.2, -0.15) is 4.39 Å². The van der Waals surface area contributed by atoms with E-state index in [2.05, 4.69) is 0 Å². The number of fused-ring (bicyclic) bond motifs is 1. The zero-order valence-corrected chi connectivity index (χ0v) is 9.74. The third kappa shape index (κ3) is 2.13. The van der Waals surface area contributed by atoms with Crippen LogP contribution in [0.2, 0.25) is 0 Å². The standard InChI is InChI=1S/C11H13F2NO.ClH/c1-15-9-5-6-4-7(14)2-3-8(6)10(12)11(9)13;/h5,7H,2-4,14H2,1H3;1H/t7-;/m1./s1. The van der Waals surface area contributed by atoms with E-state index in [0.717, 1.165) is 5.56 Å². The fraction of sp³-hybridized carbons (Fsp3) is 0.455. The summed E-state index contributed by atoms with van der Waals surface area (Å²) < 4.78 is 31.7. The molecule has 1 aliphatic rings. The first-order valence-electron chi connectivity index (χ1n) is 4.92. The minimum absolute atomic E-state index is 0. The number of hydrogen-bond donors (Lipinski definition) is 1. The summed E-state index contributed by atoms with van der Waals surface area (Å²) in [7, 11) is 1.33. The molecule has 0 saturated heterocycles. The maximum Gasteiger partial charge on any atom is 0.200 e. The Morgan fingerprint density at radius 1 is 1.38 bits per heavy atom. The second kappa shape index (κ2) is 4.97. The molecule has 2 rings (SSSR count). The van der Waals surface area contributed by atoms with Crippen molar-refractivity contribution >= 4 is 12.4 Å². The first-order valence-corrected chi connectivity index (χ1v) is 4.92. The number of halogens is 3. The van der Waals surface area contributed by atoms with Crippen molar-refractivity contribution in [2.24, 2.45) is 5.73 Å². The summed E-state index contributed by atoms with van der Waals surface area (Å²) >= 11 is 0. The van der Waals surface area contributed by atoms with Crippen LogP contribution in [0.15, 0.2) is 6.07 Å². The molecule has 1 atom stereocenters. The Labute approximate surface area is 99.2 Å². The Morgan fingerprint density at radius 3 is 2.69 bits per heavy atom. The van der Waals surface area contributed by atoms with Gasteiger partial charge in [-0.3, -0.25) is 0 Å². The normalized spacial score (nSPS) is 18.6. The lowest BCUT2D eigenvalue weighted by atomic mass is 9.88. The molecular weight excluding hydrogens is 236 g/mol. The predicted octanol–water partition coefficient (Wildman–Crippen LogP) is 2.21. The topological polar surface area (TPSA) is 35.2 Å². The molecule has 90 valence electrons. The minimum Gasteiger partial charge on any atom is -0.494 e. The summed E-state index contributed by atoms with van der Waals surface area (Å²) in [6.45, 7) is 0. The van der Waals surface area contributed by atoms with E-state index in [9.17, 15) is 8.78 Å². The fourth-order valence-electron chi connectivity index (χ4n) is 2.01. The minimum atomic E-state index is -0.897. The monoisotopic (exact) mass is 249 g/mol. The number of nitrogens with two attached hydrogens (primary N) is 1. The molecule has 0 bridgehead atoms. The van der Waals surface area contributed by atoms with E-state index in [4.69, 9.17) is 10.5 Å². The lowest BCUT2D eigenvalue weighted by Crippen LogP contribution is -2.28. The summed E-state index contributed by atoms with van der Waals surface area (Å²) in [6.07, 6.45) is 1.79. The van der Waals surface area contributed by atoms with Crippen LogP contribution in [0.1, 0.15) is 17.5 Å². The average Bonchev–Trinajstić information content (AvgIpc) is 2.23. The van der Waals surface area contributed by atoms with Crippen molar-refractivity contribution in [3.8, 4) is 5.75 Å². The molecule has 1 aliphatic carbocycles. The molecule has 2 nitrogen and oxygen atoms in total. The van der Waals surface area contributed by atoms with Gasteiger partial charge in [0, 0.05) is 6.04 Å². The lowest BCUT2D eigenvalue weighted by Gasteiger charge is -2.22.